The quantitative estimate of drug-likeness (QED) is 0.296. The Balaban J connectivity index is 1.65. The summed E-state index contributed by atoms with van der Waals surface area (Å²) in [4.78, 5) is 0. The lowest BCUT2D eigenvalue weighted by Crippen LogP contribution is -2.50. The van der Waals surface area contributed by atoms with Crippen LogP contribution in [0, 0.1) is 0 Å². The standard InChI is InChI=1S/C24H19Br3N3O/c25-18-13-19(26)23(20(27)14-18)30-15-29-21(11-12-22(29)28-30)24(31,16-7-3-1-4-8-16)17-9-5-2-6-10-17/h1-10,13-15,21,31H,11-12H2/q+1/t21-/m0/s1. The molecular weight excluding hydrogens is 586 g/mol. The van der Waals surface area contributed by atoms with Crippen LogP contribution in [0.1, 0.15) is 29.4 Å². The molecule has 1 N–H and O–H groups in total. The Labute approximate surface area is 205 Å². The summed E-state index contributed by atoms with van der Waals surface area (Å²) in [6.07, 6.45) is 3.60. The van der Waals surface area contributed by atoms with Gasteiger partial charge in [0.25, 0.3) is 5.82 Å². The van der Waals surface area contributed by atoms with Crippen molar-refractivity contribution in [1.82, 2.24) is 9.78 Å². The number of hydrogen-bond donors (Lipinski definition) is 1. The van der Waals surface area contributed by atoms with Gasteiger partial charge in [0, 0.05) is 16.0 Å². The summed E-state index contributed by atoms with van der Waals surface area (Å²) < 4.78 is 6.82. The minimum Gasteiger partial charge on any atom is -0.377 e. The number of aliphatic hydroxyl groups is 1. The van der Waals surface area contributed by atoms with E-state index in [9.17, 15) is 5.11 Å². The van der Waals surface area contributed by atoms with Crippen LogP contribution in [0.3, 0.4) is 0 Å². The number of halogens is 3. The zero-order chi connectivity index (χ0) is 21.6. The van der Waals surface area contributed by atoms with Crippen LogP contribution in [0.25, 0.3) is 5.69 Å². The number of rotatable bonds is 4. The third kappa shape index (κ3) is 3.61. The molecule has 2 heterocycles. The van der Waals surface area contributed by atoms with Crippen LogP contribution in [0.2, 0.25) is 0 Å². The fraction of sp³-hybridized carbons (Fsp3) is 0.167. The molecule has 4 nitrogen and oxygen atoms in total. The van der Waals surface area contributed by atoms with E-state index >= 15 is 0 Å². The molecule has 0 fully saturated rings. The minimum atomic E-state index is -1.17. The minimum absolute atomic E-state index is 0.172. The fourth-order valence-electron chi connectivity index (χ4n) is 4.44. The zero-order valence-electron chi connectivity index (χ0n) is 16.4. The second-order valence-corrected chi connectivity index (χ2v) is 10.3. The second kappa shape index (κ2) is 8.28. The Morgan fingerprint density at radius 1 is 0.903 bits per heavy atom. The van der Waals surface area contributed by atoms with Gasteiger partial charge < -0.3 is 5.11 Å². The third-order valence-electron chi connectivity index (χ3n) is 5.85. The van der Waals surface area contributed by atoms with Gasteiger partial charge in [-0.15, -0.1) is 0 Å². The summed E-state index contributed by atoms with van der Waals surface area (Å²) in [5.74, 6) is 0.956. The maximum absolute atomic E-state index is 12.2. The zero-order valence-corrected chi connectivity index (χ0v) is 21.2. The molecule has 156 valence electrons. The lowest BCUT2D eigenvalue weighted by Gasteiger charge is -2.34. The highest BCUT2D eigenvalue weighted by molar-refractivity contribution is 9.11. The largest absolute Gasteiger partial charge is 0.377 e. The van der Waals surface area contributed by atoms with Crippen LogP contribution in [0.4, 0.5) is 0 Å². The maximum Gasteiger partial charge on any atom is 0.278 e. The van der Waals surface area contributed by atoms with E-state index in [4.69, 9.17) is 5.10 Å². The Hall–Kier alpha value is -1.80. The Bertz CT molecular complexity index is 1180. The lowest BCUT2D eigenvalue weighted by atomic mass is 9.79. The van der Waals surface area contributed by atoms with Crippen LogP contribution in [-0.2, 0) is 12.0 Å². The van der Waals surface area contributed by atoms with Crippen molar-refractivity contribution in [2.45, 2.75) is 24.5 Å². The Kier molecular flexibility index (Phi) is 5.63. The van der Waals surface area contributed by atoms with Crippen molar-refractivity contribution in [3.63, 3.8) is 0 Å². The second-order valence-electron chi connectivity index (χ2n) is 7.65. The molecule has 4 aromatic rings. The first-order chi connectivity index (χ1) is 15.0. The summed E-state index contributed by atoms with van der Waals surface area (Å²) in [5, 5.41) is 17.1. The number of benzene rings is 3. The normalized spacial score (nSPS) is 15.8. The number of nitrogens with zero attached hydrogens (tertiary/aromatic N) is 3. The highest BCUT2D eigenvalue weighted by atomic mass is 79.9. The first kappa shape index (κ1) is 21.1. The van der Waals surface area contributed by atoms with E-state index in [1.54, 1.807) is 0 Å². The van der Waals surface area contributed by atoms with Crippen molar-refractivity contribution in [3.8, 4) is 5.69 Å². The first-order valence-electron chi connectivity index (χ1n) is 9.96. The van der Waals surface area contributed by atoms with Crippen molar-refractivity contribution >= 4 is 47.8 Å². The monoisotopic (exact) mass is 602 g/mol. The van der Waals surface area contributed by atoms with Gasteiger partial charge in [-0.2, -0.15) is 0 Å². The van der Waals surface area contributed by atoms with Gasteiger partial charge in [0.2, 0.25) is 6.33 Å². The molecule has 0 amide bonds. The molecule has 1 aromatic heterocycles. The van der Waals surface area contributed by atoms with Crippen LogP contribution < -0.4 is 4.57 Å². The molecule has 0 spiro atoms. The molecule has 0 saturated carbocycles. The molecule has 0 bridgehead atoms. The molecule has 1 aliphatic rings. The third-order valence-corrected chi connectivity index (χ3v) is 7.52. The molecule has 1 aliphatic heterocycles. The number of aryl methyl sites for hydroxylation is 1. The average molecular weight is 605 g/mol. The van der Waals surface area contributed by atoms with Gasteiger partial charge in [-0.25, -0.2) is 4.57 Å². The maximum atomic E-state index is 12.2. The van der Waals surface area contributed by atoms with Gasteiger partial charge >= 0.3 is 0 Å². The molecule has 0 aliphatic carbocycles. The van der Waals surface area contributed by atoms with E-state index < -0.39 is 5.60 Å². The van der Waals surface area contributed by atoms with Gasteiger partial charge in [-0.3, -0.25) is 0 Å². The SMILES string of the molecule is OC(c1ccccc1)(c1ccccc1)[C@@H]1CCc2nn(-c3c(Br)cc(Br)cc3Br)c[n+]21. The van der Waals surface area contributed by atoms with Gasteiger partial charge in [0.1, 0.15) is 11.6 Å². The van der Waals surface area contributed by atoms with Gasteiger partial charge in [-0.05, 0) is 61.5 Å². The topological polar surface area (TPSA) is 41.9 Å². The van der Waals surface area contributed by atoms with Crippen molar-refractivity contribution in [2.75, 3.05) is 0 Å². The number of aromatic nitrogens is 3. The summed E-state index contributed by atoms with van der Waals surface area (Å²) in [7, 11) is 0. The molecule has 0 radical (unpaired) electrons. The van der Waals surface area contributed by atoms with Crippen LogP contribution in [0.15, 0.2) is 92.5 Å². The predicted octanol–water partition coefficient (Wildman–Crippen LogP) is 5.87. The van der Waals surface area contributed by atoms with E-state index in [2.05, 4.69) is 52.4 Å². The molecule has 0 unspecified atom stereocenters. The smallest absolute Gasteiger partial charge is 0.278 e. The van der Waals surface area contributed by atoms with Crippen molar-refractivity contribution < 1.29 is 9.67 Å². The molecule has 7 heteroatoms. The number of fused-ring (bicyclic) bond motifs is 1. The van der Waals surface area contributed by atoms with Crippen LogP contribution >= 0.6 is 47.8 Å². The molecule has 1 atom stereocenters. The first-order valence-corrected chi connectivity index (χ1v) is 12.3. The van der Waals surface area contributed by atoms with Crippen molar-refractivity contribution in [2.24, 2.45) is 0 Å². The van der Waals surface area contributed by atoms with Crippen LogP contribution in [0.5, 0.6) is 0 Å². The number of hydrogen-bond acceptors (Lipinski definition) is 2. The average Bonchev–Trinajstić information content (AvgIpc) is 3.35. The Morgan fingerprint density at radius 3 is 2.00 bits per heavy atom. The Morgan fingerprint density at radius 2 is 1.45 bits per heavy atom. The lowest BCUT2D eigenvalue weighted by molar-refractivity contribution is -0.731. The molecule has 31 heavy (non-hydrogen) atoms. The van der Waals surface area contributed by atoms with E-state index in [1.807, 2.05) is 83.8 Å². The van der Waals surface area contributed by atoms with Crippen molar-refractivity contribution in [3.05, 3.63) is 109 Å². The molecule has 3 aromatic carbocycles. The summed E-state index contributed by atoms with van der Waals surface area (Å²) >= 11 is 10.8. The molecule has 5 rings (SSSR count). The highest BCUT2D eigenvalue weighted by Crippen LogP contribution is 2.42. The highest BCUT2D eigenvalue weighted by Gasteiger charge is 2.48. The summed E-state index contributed by atoms with van der Waals surface area (Å²) in [6.45, 7) is 0. The van der Waals surface area contributed by atoms with E-state index in [0.717, 1.165) is 48.9 Å². The fourth-order valence-corrected chi connectivity index (χ4v) is 7.06. The molecular formula is C24H19Br3N3O+. The summed E-state index contributed by atoms with van der Waals surface area (Å²) in [6, 6.07) is 23.7. The van der Waals surface area contributed by atoms with E-state index in [-0.39, 0.29) is 6.04 Å². The van der Waals surface area contributed by atoms with Gasteiger partial charge in [0.05, 0.1) is 8.95 Å². The summed E-state index contributed by atoms with van der Waals surface area (Å²) in [5.41, 5.74) is 1.52. The van der Waals surface area contributed by atoms with Crippen molar-refractivity contribution in [1.29, 1.82) is 0 Å². The van der Waals surface area contributed by atoms with E-state index in [0.29, 0.717) is 0 Å². The predicted molar refractivity (Wildman–Crippen MR) is 130 cm³/mol. The van der Waals surface area contributed by atoms with Gasteiger partial charge in [0.15, 0.2) is 5.69 Å². The van der Waals surface area contributed by atoms with Gasteiger partial charge in [-0.1, -0.05) is 81.3 Å². The van der Waals surface area contributed by atoms with E-state index in [1.165, 1.54) is 0 Å². The van der Waals surface area contributed by atoms with Crippen LogP contribution in [-0.4, -0.2) is 14.9 Å². The molecule has 0 saturated heterocycles.